The Hall–Kier alpha value is -1.84. The Morgan fingerprint density at radius 2 is 1.96 bits per heavy atom. The number of aromatic nitrogens is 4. The van der Waals surface area contributed by atoms with E-state index in [1.807, 2.05) is 0 Å². The lowest BCUT2D eigenvalue weighted by Gasteiger charge is -2.32. The summed E-state index contributed by atoms with van der Waals surface area (Å²) in [5, 5.41) is 6.69. The number of piperidine rings is 1. The van der Waals surface area contributed by atoms with E-state index in [1.165, 1.54) is 8.61 Å². The van der Waals surface area contributed by atoms with Gasteiger partial charge in [0, 0.05) is 51.1 Å². The molecule has 9 heteroatoms. The summed E-state index contributed by atoms with van der Waals surface area (Å²) in [4.78, 5) is 8.93. The molecule has 8 nitrogen and oxygen atoms in total. The zero-order chi connectivity index (χ0) is 16.4. The molecule has 2 aromatic heterocycles. The maximum atomic E-state index is 12.2. The predicted octanol–water partition coefficient (Wildman–Crippen LogP) is 0.852. The summed E-state index contributed by atoms with van der Waals surface area (Å²) in [6.45, 7) is 1.01. The van der Waals surface area contributed by atoms with Crippen molar-refractivity contribution in [1.29, 1.82) is 0 Å². The minimum atomic E-state index is -3.33. The molecular weight excluding hydrogens is 316 g/mol. The second kappa shape index (κ2) is 6.34. The molecule has 0 amide bonds. The maximum absolute atomic E-state index is 12.2. The van der Waals surface area contributed by atoms with Crippen molar-refractivity contribution in [3.05, 3.63) is 30.5 Å². The number of nitrogens with one attached hydrogen (secondary N) is 1. The molecule has 0 radical (unpaired) electrons. The van der Waals surface area contributed by atoms with E-state index in [1.54, 1.807) is 38.9 Å². The molecule has 0 aromatic carbocycles. The van der Waals surface area contributed by atoms with Gasteiger partial charge in [0.2, 0.25) is 0 Å². The average molecular weight is 336 g/mol. The number of hydrogen-bond acceptors (Lipinski definition) is 5. The Bertz CT molecular complexity index is 751. The van der Waals surface area contributed by atoms with Crippen molar-refractivity contribution in [2.45, 2.75) is 18.8 Å². The van der Waals surface area contributed by atoms with Gasteiger partial charge in [-0.3, -0.25) is 10.1 Å². The first-order valence-electron chi connectivity index (χ1n) is 7.47. The van der Waals surface area contributed by atoms with Crippen LogP contribution in [0.15, 0.2) is 24.8 Å². The van der Waals surface area contributed by atoms with Crippen LogP contribution in [0.2, 0.25) is 0 Å². The van der Waals surface area contributed by atoms with Gasteiger partial charge in [-0.15, -0.1) is 0 Å². The molecule has 1 aliphatic heterocycles. The first-order chi connectivity index (χ1) is 11.0. The van der Waals surface area contributed by atoms with Crippen LogP contribution in [0, 0.1) is 0 Å². The summed E-state index contributed by atoms with van der Waals surface area (Å²) in [5.74, 6) is 0.225. The summed E-state index contributed by atoms with van der Waals surface area (Å²) >= 11 is 0. The molecule has 0 saturated carbocycles. The van der Waals surface area contributed by atoms with E-state index in [4.69, 9.17) is 0 Å². The lowest BCUT2D eigenvalue weighted by atomic mass is 9.95. The molecule has 124 valence electrons. The molecular formula is C14H20N6O2S. The Kier molecular flexibility index (Phi) is 4.42. The second-order valence-corrected chi connectivity index (χ2v) is 7.92. The van der Waals surface area contributed by atoms with Crippen LogP contribution in [0.5, 0.6) is 0 Å². The molecule has 1 aliphatic rings. The molecule has 0 unspecified atom stereocenters. The van der Waals surface area contributed by atoms with Gasteiger partial charge in [0.05, 0.1) is 23.8 Å². The summed E-state index contributed by atoms with van der Waals surface area (Å²) in [7, 11) is -0.217. The van der Waals surface area contributed by atoms with Crippen LogP contribution >= 0.6 is 0 Å². The fourth-order valence-electron chi connectivity index (χ4n) is 2.72. The molecule has 1 N–H and O–H groups in total. The van der Waals surface area contributed by atoms with Gasteiger partial charge in [0.15, 0.2) is 0 Å². The Morgan fingerprint density at radius 1 is 1.22 bits per heavy atom. The lowest BCUT2D eigenvalue weighted by molar-refractivity contribution is 0.300. The number of rotatable bonds is 4. The summed E-state index contributed by atoms with van der Waals surface area (Å²) < 4.78 is 27.1. The summed E-state index contributed by atoms with van der Waals surface area (Å²) in [6, 6.07) is 0. The highest BCUT2D eigenvalue weighted by Gasteiger charge is 2.30. The fourth-order valence-corrected chi connectivity index (χ4v) is 3.86. The molecule has 0 bridgehead atoms. The molecule has 0 atom stereocenters. The fraction of sp³-hybridized carbons (Fsp3) is 0.500. The number of nitrogens with zero attached hydrogens (tertiary/aromatic N) is 5. The predicted molar refractivity (Wildman–Crippen MR) is 85.8 cm³/mol. The third kappa shape index (κ3) is 3.26. The van der Waals surface area contributed by atoms with Gasteiger partial charge in [-0.1, -0.05) is 0 Å². The topological polar surface area (TPSA) is 95.1 Å². The molecule has 3 rings (SSSR count). The first kappa shape index (κ1) is 16.0. The van der Waals surface area contributed by atoms with Crippen LogP contribution in [0.1, 0.15) is 24.5 Å². The summed E-state index contributed by atoms with van der Waals surface area (Å²) in [6.07, 6.45) is 8.46. The van der Waals surface area contributed by atoms with Crippen LogP contribution in [-0.2, 0) is 10.2 Å². The molecule has 0 aliphatic carbocycles. The molecule has 0 spiro atoms. The van der Waals surface area contributed by atoms with Crippen LogP contribution in [0.4, 0.5) is 0 Å². The zero-order valence-corrected chi connectivity index (χ0v) is 14.0. The Morgan fingerprint density at radius 3 is 2.57 bits per heavy atom. The van der Waals surface area contributed by atoms with Crippen LogP contribution in [0.25, 0.3) is 11.3 Å². The molecule has 1 fully saturated rings. The third-order valence-corrected chi connectivity index (χ3v) is 6.05. The van der Waals surface area contributed by atoms with Gasteiger partial charge < -0.3 is 0 Å². The summed E-state index contributed by atoms with van der Waals surface area (Å²) in [5.41, 5.74) is 2.58. The van der Waals surface area contributed by atoms with Crippen LogP contribution < -0.4 is 0 Å². The molecule has 2 aromatic rings. The number of aromatic amines is 1. The van der Waals surface area contributed by atoms with E-state index in [0.717, 1.165) is 29.8 Å². The van der Waals surface area contributed by atoms with Crippen molar-refractivity contribution in [3.63, 3.8) is 0 Å². The maximum Gasteiger partial charge on any atom is 0.281 e. The van der Waals surface area contributed by atoms with E-state index in [2.05, 4.69) is 20.2 Å². The lowest BCUT2D eigenvalue weighted by Crippen LogP contribution is -2.44. The van der Waals surface area contributed by atoms with E-state index in [0.29, 0.717) is 13.1 Å². The highest BCUT2D eigenvalue weighted by molar-refractivity contribution is 7.86. The Labute approximate surface area is 135 Å². The van der Waals surface area contributed by atoms with Crippen molar-refractivity contribution >= 4 is 10.2 Å². The smallest absolute Gasteiger partial charge is 0.281 e. The second-order valence-electron chi connectivity index (χ2n) is 5.78. The van der Waals surface area contributed by atoms with Crippen LogP contribution in [-0.4, -0.2) is 64.4 Å². The monoisotopic (exact) mass is 336 g/mol. The van der Waals surface area contributed by atoms with Gasteiger partial charge in [-0.2, -0.15) is 22.1 Å². The van der Waals surface area contributed by atoms with Gasteiger partial charge in [0.1, 0.15) is 0 Å². The quantitative estimate of drug-likeness (QED) is 0.893. The van der Waals surface area contributed by atoms with E-state index < -0.39 is 10.2 Å². The average Bonchev–Trinajstić information content (AvgIpc) is 3.09. The van der Waals surface area contributed by atoms with E-state index in [9.17, 15) is 8.42 Å². The molecule has 23 heavy (non-hydrogen) atoms. The Balaban J connectivity index is 1.72. The van der Waals surface area contributed by atoms with Crippen molar-refractivity contribution in [3.8, 4) is 11.3 Å². The van der Waals surface area contributed by atoms with Gasteiger partial charge in [0.25, 0.3) is 10.2 Å². The zero-order valence-electron chi connectivity index (χ0n) is 13.2. The largest absolute Gasteiger partial charge is 0.285 e. The first-order valence-corrected chi connectivity index (χ1v) is 8.87. The van der Waals surface area contributed by atoms with Crippen LogP contribution in [0.3, 0.4) is 0 Å². The van der Waals surface area contributed by atoms with Crippen molar-refractivity contribution in [1.82, 2.24) is 28.8 Å². The minimum Gasteiger partial charge on any atom is -0.285 e. The van der Waals surface area contributed by atoms with Gasteiger partial charge in [-0.25, -0.2) is 4.98 Å². The molecule has 1 saturated heterocycles. The van der Waals surface area contributed by atoms with Crippen molar-refractivity contribution in [2.24, 2.45) is 0 Å². The third-order valence-electron chi connectivity index (χ3n) is 4.11. The van der Waals surface area contributed by atoms with Gasteiger partial charge in [-0.05, 0) is 12.8 Å². The number of H-pyrrole nitrogens is 1. The van der Waals surface area contributed by atoms with Crippen molar-refractivity contribution in [2.75, 3.05) is 27.2 Å². The minimum absolute atomic E-state index is 0.225. The standard InChI is InChI=1S/C14H20N6O2S/c1-19(2)23(21,22)20-5-3-11(4-6-20)13-9-15-10-14(18-13)12-7-16-17-8-12/h7-11H,3-6H2,1-2H3,(H,16,17). The van der Waals surface area contributed by atoms with E-state index >= 15 is 0 Å². The normalized spacial score (nSPS) is 17.7. The van der Waals surface area contributed by atoms with Crippen molar-refractivity contribution < 1.29 is 8.42 Å². The van der Waals surface area contributed by atoms with Gasteiger partial charge >= 0.3 is 0 Å². The SMILES string of the molecule is CN(C)S(=O)(=O)N1CCC(c2cncc(-c3cn[nH]c3)n2)CC1. The molecule has 3 heterocycles. The highest BCUT2D eigenvalue weighted by atomic mass is 32.2. The highest BCUT2D eigenvalue weighted by Crippen LogP contribution is 2.29. The van der Waals surface area contributed by atoms with E-state index in [-0.39, 0.29) is 5.92 Å². The number of hydrogen-bond donors (Lipinski definition) is 1.